The molecule has 0 aromatic carbocycles. The second kappa shape index (κ2) is 5.35. The van der Waals surface area contributed by atoms with Gasteiger partial charge in [0.2, 0.25) is 0 Å². The maximum atomic E-state index is 13.3. The molecule has 2 unspecified atom stereocenters. The molecule has 0 spiro atoms. The molecule has 0 saturated carbocycles. The number of rotatable bonds is 1. The van der Waals surface area contributed by atoms with Crippen molar-refractivity contribution in [1.29, 1.82) is 5.26 Å². The van der Waals surface area contributed by atoms with Gasteiger partial charge in [0.1, 0.15) is 11.7 Å². The standard InChI is InChI=1S/C12H19FN2O2/c1-12(2,3)17-11(16)15-6-4-5-9(8-15)10(13)7-14/h9-10H,4-6,8H2,1-3H3. The summed E-state index contributed by atoms with van der Waals surface area (Å²) in [5.41, 5.74) is -0.547. The Hall–Kier alpha value is -1.31. The van der Waals surface area contributed by atoms with Crippen molar-refractivity contribution in [2.24, 2.45) is 5.92 Å². The Labute approximate surface area is 101 Å². The zero-order valence-electron chi connectivity index (χ0n) is 10.6. The van der Waals surface area contributed by atoms with Gasteiger partial charge in [0.05, 0.1) is 0 Å². The summed E-state index contributed by atoms with van der Waals surface area (Å²) >= 11 is 0. The van der Waals surface area contributed by atoms with Gasteiger partial charge >= 0.3 is 6.09 Å². The Balaban J connectivity index is 2.55. The van der Waals surface area contributed by atoms with E-state index in [2.05, 4.69) is 0 Å². The molecule has 0 aliphatic carbocycles. The van der Waals surface area contributed by atoms with Crippen LogP contribution in [0.15, 0.2) is 0 Å². The van der Waals surface area contributed by atoms with E-state index in [1.165, 1.54) is 4.90 Å². The first-order valence-electron chi connectivity index (χ1n) is 5.85. The fourth-order valence-electron chi connectivity index (χ4n) is 1.85. The number of carbonyl (C=O) groups excluding carboxylic acids is 1. The summed E-state index contributed by atoms with van der Waals surface area (Å²) in [5, 5.41) is 8.54. The van der Waals surface area contributed by atoms with Crippen LogP contribution in [0, 0.1) is 17.2 Å². The van der Waals surface area contributed by atoms with Gasteiger partial charge in [-0.3, -0.25) is 0 Å². The lowest BCUT2D eigenvalue weighted by Crippen LogP contribution is -2.44. The summed E-state index contributed by atoms with van der Waals surface area (Å²) in [7, 11) is 0. The highest BCUT2D eigenvalue weighted by Gasteiger charge is 2.31. The van der Waals surface area contributed by atoms with Gasteiger partial charge in [-0.05, 0) is 33.6 Å². The normalized spacial score (nSPS) is 22.8. The second-order valence-electron chi connectivity index (χ2n) is 5.36. The molecule has 4 nitrogen and oxygen atoms in total. The average Bonchev–Trinajstić information content (AvgIpc) is 2.26. The molecule has 1 heterocycles. The first kappa shape index (κ1) is 13.8. The Morgan fingerprint density at radius 1 is 1.59 bits per heavy atom. The van der Waals surface area contributed by atoms with Crippen molar-refractivity contribution in [2.45, 2.75) is 45.4 Å². The quantitative estimate of drug-likeness (QED) is 0.709. The number of likely N-dealkylation sites (tertiary alicyclic amines) is 1. The molecule has 5 heteroatoms. The number of nitriles is 1. The monoisotopic (exact) mass is 242 g/mol. The summed E-state index contributed by atoms with van der Waals surface area (Å²) in [6.07, 6.45) is -0.562. The van der Waals surface area contributed by atoms with Crippen LogP contribution in [0.4, 0.5) is 9.18 Å². The number of piperidine rings is 1. The van der Waals surface area contributed by atoms with E-state index in [0.717, 1.165) is 0 Å². The van der Waals surface area contributed by atoms with Crippen LogP contribution in [0.2, 0.25) is 0 Å². The topological polar surface area (TPSA) is 53.3 Å². The van der Waals surface area contributed by atoms with Gasteiger partial charge in [-0.2, -0.15) is 5.26 Å². The van der Waals surface area contributed by atoms with Crippen molar-refractivity contribution in [3.63, 3.8) is 0 Å². The van der Waals surface area contributed by atoms with E-state index < -0.39 is 17.9 Å². The van der Waals surface area contributed by atoms with Gasteiger partial charge in [0, 0.05) is 19.0 Å². The number of alkyl halides is 1. The van der Waals surface area contributed by atoms with E-state index in [1.54, 1.807) is 26.8 Å². The molecular formula is C12H19FN2O2. The molecule has 0 radical (unpaired) electrons. The minimum Gasteiger partial charge on any atom is -0.444 e. The fraction of sp³-hybridized carbons (Fsp3) is 0.833. The van der Waals surface area contributed by atoms with Crippen molar-refractivity contribution < 1.29 is 13.9 Å². The van der Waals surface area contributed by atoms with Crippen molar-refractivity contribution in [3.05, 3.63) is 0 Å². The lowest BCUT2D eigenvalue weighted by atomic mass is 9.94. The zero-order valence-corrected chi connectivity index (χ0v) is 10.6. The number of hydrogen-bond donors (Lipinski definition) is 0. The first-order valence-corrected chi connectivity index (χ1v) is 5.85. The van der Waals surface area contributed by atoms with Crippen LogP contribution in [-0.2, 0) is 4.74 Å². The number of nitrogens with zero attached hydrogens (tertiary/aromatic N) is 2. The Kier molecular flexibility index (Phi) is 4.33. The van der Waals surface area contributed by atoms with Gasteiger partial charge in [-0.25, -0.2) is 9.18 Å². The second-order valence-corrected chi connectivity index (χ2v) is 5.36. The van der Waals surface area contributed by atoms with Crippen molar-refractivity contribution in [3.8, 4) is 6.07 Å². The Morgan fingerprint density at radius 3 is 2.76 bits per heavy atom. The van der Waals surface area contributed by atoms with Crippen LogP contribution in [0.1, 0.15) is 33.6 Å². The van der Waals surface area contributed by atoms with Crippen molar-refractivity contribution in [1.82, 2.24) is 4.90 Å². The van der Waals surface area contributed by atoms with Crippen LogP contribution in [0.25, 0.3) is 0 Å². The summed E-state index contributed by atoms with van der Waals surface area (Å²) in [6, 6.07) is 1.60. The van der Waals surface area contributed by atoms with Gasteiger partial charge in [-0.1, -0.05) is 0 Å². The molecule has 1 rings (SSSR count). The molecule has 0 aromatic rings. The molecule has 0 aromatic heterocycles. The predicted molar refractivity (Wildman–Crippen MR) is 61.0 cm³/mol. The highest BCUT2D eigenvalue weighted by Crippen LogP contribution is 2.23. The molecule has 1 saturated heterocycles. The highest BCUT2D eigenvalue weighted by molar-refractivity contribution is 5.68. The molecule has 17 heavy (non-hydrogen) atoms. The molecular weight excluding hydrogens is 223 g/mol. The lowest BCUT2D eigenvalue weighted by molar-refractivity contribution is 0.0134. The van der Waals surface area contributed by atoms with E-state index in [-0.39, 0.29) is 12.5 Å². The molecule has 96 valence electrons. The summed E-state index contributed by atoms with van der Waals surface area (Å²) in [5.74, 6) is -0.388. The minimum atomic E-state index is -1.50. The maximum Gasteiger partial charge on any atom is 0.410 e. The summed E-state index contributed by atoms with van der Waals surface area (Å²) in [4.78, 5) is 13.3. The van der Waals surface area contributed by atoms with Gasteiger partial charge in [0.15, 0.2) is 6.17 Å². The third-order valence-corrected chi connectivity index (χ3v) is 2.65. The SMILES string of the molecule is CC(C)(C)OC(=O)N1CCCC(C(F)C#N)C1. The van der Waals surface area contributed by atoms with Crippen LogP contribution in [0.3, 0.4) is 0 Å². The van der Waals surface area contributed by atoms with Crippen molar-refractivity contribution in [2.75, 3.05) is 13.1 Å². The summed E-state index contributed by atoms with van der Waals surface area (Å²) in [6.45, 7) is 6.21. The Morgan fingerprint density at radius 2 is 2.24 bits per heavy atom. The zero-order chi connectivity index (χ0) is 13.1. The minimum absolute atomic E-state index is 0.267. The maximum absolute atomic E-state index is 13.3. The molecule has 2 atom stereocenters. The molecule has 1 amide bonds. The van der Waals surface area contributed by atoms with Crippen molar-refractivity contribution >= 4 is 6.09 Å². The van der Waals surface area contributed by atoms with E-state index in [0.29, 0.717) is 19.4 Å². The van der Waals surface area contributed by atoms with Gasteiger partial charge in [0.25, 0.3) is 0 Å². The lowest BCUT2D eigenvalue weighted by Gasteiger charge is -2.34. The molecule has 1 fully saturated rings. The number of amides is 1. The van der Waals surface area contributed by atoms with Crippen LogP contribution < -0.4 is 0 Å². The third kappa shape index (κ3) is 4.22. The summed E-state index contributed by atoms with van der Waals surface area (Å²) < 4.78 is 18.5. The van der Waals surface area contributed by atoms with Gasteiger partial charge in [-0.15, -0.1) is 0 Å². The highest BCUT2D eigenvalue weighted by atomic mass is 19.1. The molecule has 0 bridgehead atoms. The van der Waals surface area contributed by atoms with Crippen LogP contribution in [-0.4, -0.2) is 35.9 Å². The average molecular weight is 242 g/mol. The van der Waals surface area contributed by atoms with E-state index in [9.17, 15) is 9.18 Å². The molecule has 0 N–H and O–H groups in total. The first-order chi connectivity index (χ1) is 7.83. The van der Waals surface area contributed by atoms with Crippen LogP contribution >= 0.6 is 0 Å². The smallest absolute Gasteiger partial charge is 0.410 e. The van der Waals surface area contributed by atoms with Gasteiger partial charge < -0.3 is 9.64 Å². The van der Waals surface area contributed by atoms with E-state index in [4.69, 9.17) is 10.00 Å². The molecule has 1 aliphatic heterocycles. The van der Waals surface area contributed by atoms with E-state index in [1.807, 2.05) is 0 Å². The number of carbonyl (C=O) groups is 1. The number of halogens is 1. The number of hydrogen-bond acceptors (Lipinski definition) is 3. The molecule has 1 aliphatic rings. The Bertz CT molecular complexity index is 319. The van der Waals surface area contributed by atoms with Crippen LogP contribution in [0.5, 0.6) is 0 Å². The fourth-order valence-corrected chi connectivity index (χ4v) is 1.85. The largest absolute Gasteiger partial charge is 0.444 e. The predicted octanol–water partition coefficient (Wildman–Crippen LogP) is 2.50. The van der Waals surface area contributed by atoms with E-state index >= 15 is 0 Å². The number of ether oxygens (including phenoxy) is 1. The third-order valence-electron chi connectivity index (χ3n) is 2.65.